The van der Waals surface area contributed by atoms with Crippen LogP contribution in [0.2, 0.25) is 0 Å². The maximum absolute atomic E-state index is 12.2. The third-order valence-corrected chi connectivity index (χ3v) is 6.41. The number of esters is 1. The number of hydrogen-bond donors (Lipinski definition) is 0. The van der Waals surface area contributed by atoms with Gasteiger partial charge >= 0.3 is 5.97 Å². The zero-order chi connectivity index (χ0) is 22.4. The molecule has 174 valence electrons. The number of unbranched alkanes of at least 4 members (excludes halogenated alkanes) is 9. The first-order chi connectivity index (χ1) is 13.5. The Bertz CT molecular complexity index is 431. The Morgan fingerprint density at radius 3 is 1.62 bits per heavy atom. The second-order valence-electron chi connectivity index (χ2n) is 11.0. The molecule has 0 bridgehead atoms. The summed E-state index contributed by atoms with van der Waals surface area (Å²) in [7, 11) is 8.99. The topological polar surface area (TPSA) is 26.3 Å². The lowest BCUT2D eigenvalue weighted by molar-refractivity contribution is -0.954. The predicted octanol–water partition coefficient (Wildman–Crippen LogP) is 6.00. The van der Waals surface area contributed by atoms with Crippen molar-refractivity contribution in [1.29, 1.82) is 0 Å². The van der Waals surface area contributed by atoms with Crippen molar-refractivity contribution in [2.24, 2.45) is 5.41 Å². The summed E-state index contributed by atoms with van der Waals surface area (Å²) in [5.74, 6) is -0.0784. The van der Waals surface area contributed by atoms with E-state index in [0.29, 0.717) is 6.73 Å². The quantitative estimate of drug-likeness (QED) is 0.119. The van der Waals surface area contributed by atoms with Gasteiger partial charge < -0.3 is 9.22 Å². The Morgan fingerprint density at radius 2 is 1.14 bits per heavy atom. The van der Waals surface area contributed by atoms with Gasteiger partial charge in [-0.15, -0.1) is 0 Å². The number of likely N-dealkylation sites (N-methyl/N-ethyl adjacent to an activating group) is 2. The zero-order valence-corrected chi connectivity index (χ0v) is 21.3. The standard InChI is InChI=1S/C25H54N2O2/c1-9-11-12-13-14-15-16-17-18-19-20-26(5,6)21-22-27(7,8)23-29-24(28)25(3,4)10-2/h9-23H2,1-8H3/q+2. The first kappa shape index (κ1) is 28.4. The van der Waals surface area contributed by atoms with Crippen molar-refractivity contribution in [2.75, 3.05) is 54.6 Å². The number of carbonyl (C=O) groups is 1. The summed E-state index contributed by atoms with van der Waals surface area (Å²) < 4.78 is 7.40. The molecule has 0 fully saturated rings. The molecule has 0 saturated heterocycles. The van der Waals surface area contributed by atoms with Gasteiger partial charge in [0, 0.05) is 0 Å². The molecule has 0 N–H and O–H groups in total. The molecule has 0 heterocycles. The first-order valence-corrected chi connectivity index (χ1v) is 12.3. The van der Waals surface area contributed by atoms with E-state index in [1.807, 2.05) is 20.8 Å². The van der Waals surface area contributed by atoms with Crippen LogP contribution in [-0.2, 0) is 9.53 Å². The van der Waals surface area contributed by atoms with Gasteiger partial charge in [0.05, 0.1) is 40.2 Å². The minimum atomic E-state index is -0.384. The van der Waals surface area contributed by atoms with Gasteiger partial charge in [0.1, 0.15) is 13.1 Å². The lowest BCUT2D eigenvalue weighted by atomic mass is 9.91. The Labute approximate surface area is 183 Å². The molecule has 0 aromatic rings. The molecule has 0 aromatic heterocycles. The van der Waals surface area contributed by atoms with E-state index >= 15 is 0 Å². The van der Waals surface area contributed by atoms with Gasteiger partial charge in [-0.2, -0.15) is 0 Å². The van der Waals surface area contributed by atoms with E-state index in [1.165, 1.54) is 70.8 Å². The number of hydrogen-bond acceptors (Lipinski definition) is 2. The molecule has 0 atom stereocenters. The van der Waals surface area contributed by atoms with E-state index in [4.69, 9.17) is 4.74 Å². The number of quaternary nitrogens is 2. The average molecular weight is 415 g/mol. The highest BCUT2D eigenvalue weighted by Gasteiger charge is 2.30. The fourth-order valence-electron chi connectivity index (χ4n) is 3.32. The first-order valence-electron chi connectivity index (χ1n) is 12.3. The second kappa shape index (κ2) is 14.4. The van der Waals surface area contributed by atoms with E-state index in [-0.39, 0.29) is 11.4 Å². The Hall–Kier alpha value is -0.610. The molecule has 4 heteroatoms. The van der Waals surface area contributed by atoms with E-state index < -0.39 is 0 Å². The summed E-state index contributed by atoms with van der Waals surface area (Å²) in [6.07, 6.45) is 14.7. The Balaban J connectivity index is 3.93. The minimum absolute atomic E-state index is 0.0784. The van der Waals surface area contributed by atoms with Gasteiger partial charge in [-0.05, 0) is 33.1 Å². The second-order valence-corrected chi connectivity index (χ2v) is 11.0. The van der Waals surface area contributed by atoms with Crippen molar-refractivity contribution in [3.8, 4) is 0 Å². The van der Waals surface area contributed by atoms with Crippen LogP contribution < -0.4 is 0 Å². The highest BCUT2D eigenvalue weighted by atomic mass is 16.5. The molecule has 0 aliphatic rings. The molecular formula is C25H54N2O2+2. The predicted molar refractivity (Wildman–Crippen MR) is 126 cm³/mol. The Morgan fingerprint density at radius 1 is 0.690 bits per heavy atom. The summed E-state index contributed by atoms with van der Waals surface area (Å²) >= 11 is 0. The molecule has 29 heavy (non-hydrogen) atoms. The maximum Gasteiger partial charge on any atom is 0.315 e. The van der Waals surface area contributed by atoms with Crippen molar-refractivity contribution in [3.05, 3.63) is 0 Å². The molecule has 0 rings (SSSR count). The average Bonchev–Trinajstić information content (AvgIpc) is 2.66. The number of rotatable bonds is 18. The highest BCUT2D eigenvalue weighted by Crippen LogP contribution is 2.22. The van der Waals surface area contributed by atoms with Crippen molar-refractivity contribution in [1.82, 2.24) is 0 Å². The van der Waals surface area contributed by atoms with E-state index in [9.17, 15) is 4.79 Å². The van der Waals surface area contributed by atoms with Crippen LogP contribution in [0.25, 0.3) is 0 Å². The molecule has 0 spiro atoms. The van der Waals surface area contributed by atoms with Gasteiger partial charge in [0.15, 0.2) is 0 Å². The minimum Gasteiger partial charge on any atom is -0.415 e. The molecule has 0 aromatic carbocycles. The van der Waals surface area contributed by atoms with Crippen molar-refractivity contribution < 1.29 is 18.5 Å². The molecule has 0 aliphatic heterocycles. The number of carbonyl (C=O) groups excluding carboxylic acids is 1. The third kappa shape index (κ3) is 14.9. The van der Waals surface area contributed by atoms with Crippen molar-refractivity contribution in [2.45, 2.75) is 98.3 Å². The summed E-state index contributed by atoms with van der Waals surface area (Å²) in [4.78, 5) is 12.2. The number of nitrogens with zero attached hydrogens (tertiary/aromatic N) is 2. The normalized spacial score (nSPS) is 13.0. The van der Waals surface area contributed by atoms with Crippen LogP contribution in [0.4, 0.5) is 0 Å². The lowest BCUT2D eigenvalue weighted by Gasteiger charge is -2.35. The third-order valence-electron chi connectivity index (χ3n) is 6.41. The van der Waals surface area contributed by atoms with Gasteiger partial charge in [-0.3, -0.25) is 9.28 Å². The van der Waals surface area contributed by atoms with Crippen LogP contribution in [0.1, 0.15) is 98.3 Å². The van der Waals surface area contributed by atoms with Crippen LogP contribution in [0.15, 0.2) is 0 Å². The van der Waals surface area contributed by atoms with Crippen molar-refractivity contribution >= 4 is 5.97 Å². The van der Waals surface area contributed by atoms with Crippen LogP contribution >= 0.6 is 0 Å². The summed E-state index contributed by atoms with van der Waals surface area (Å²) in [6, 6.07) is 0. The maximum atomic E-state index is 12.2. The van der Waals surface area contributed by atoms with Crippen LogP contribution in [0.5, 0.6) is 0 Å². The van der Waals surface area contributed by atoms with Crippen LogP contribution in [0.3, 0.4) is 0 Å². The van der Waals surface area contributed by atoms with Crippen molar-refractivity contribution in [3.63, 3.8) is 0 Å². The molecule has 0 amide bonds. The number of ether oxygens (including phenoxy) is 1. The Kier molecular flexibility index (Phi) is 14.1. The SMILES string of the molecule is CCCCCCCCCCCC[N+](C)(C)CC[N+](C)(C)COC(=O)C(C)(C)CC. The van der Waals surface area contributed by atoms with Gasteiger partial charge in [0.25, 0.3) is 0 Å². The summed E-state index contributed by atoms with van der Waals surface area (Å²) in [5.41, 5.74) is -0.384. The highest BCUT2D eigenvalue weighted by molar-refractivity contribution is 5.75. The molecule has 0 saturated carbocycles. The molecule has 0 unspecified atom stereocenters. The van der Waals surface area contributed by atoms with Crippen LogP contribution in [0, 0.1) is 5.41 Å². The van der Waals surface area contributed by atoms with Gasteiger partial charge in [-0.1, -0.05) is 65.2 Å². The zero-order valence-electron chi connectivity index (χ0n) is 21.3. The van der Waals surface area contributed by atoms with Gasteiger partial charge in [0.2, 0.25) is 6.73 Å². The van der Waals surface area contributed by atoms with Gasteiger partial charge in [-0.25, -0.2) is 0 Å². The monoisotopic (exact) mass is 414 g/mol. The smallest absolute Gasteiger partial charge is 0.315 e. The van der Waals surface area contributed by atoms with E-state index in [2.05, 4.69) is 35.1 Å². The summed E-state index contributed by atoms with van der Waals surface area (Å²) in [6.45, 7) is 12.1. The molecule has 0 aliphatic carbocycles. The van der Waals surface area contributed by atoms with Crippen LogP contribution in [-0.4, -0.2) is 69.5 Å². The van der Waals surface area contributed by atoms with E-state index in [0.717, 1.165) is 28.5 Å². The molecular weight excluding hydrogens is 360 g/mol. The summed E-state index contributed by atoms with van der Waals surface area (Å²) in [5, 5.41) is 0. The molecule has 0 radical (unpaired) electrons. The fourth-order valence-corrected chi connectivity index (χ4v) is 3.32. The van der Waals surface area contributed by atoms with E-state index in [1.54, 1.807) is 0 Å². The lowest BCUT2D eigenvalue weighted by Crippen LogP contribution is -2.52. The molecule has 4 nitrogen and oxygen atoms in total. The largest absolute Gasteiger partial charge is 0.415 e. The fraction of sp³-hybridized carbons (Fsp3) is 0.960.